The summed E-state index contributed by atoms with van der Waals surface area (Å²) < 4.78 is 0. The van der Waals surface area contributed by atoms with Crippen molar-refractivity contribution in [3.05, 3.63) is 0 Å². The van der Waals surface area contributed by atoms with Gasteiger partial charge >= 0.3 is 0 Å². The summed E-state index contributed by atoms with van der Waals surface area (Å²) in [7, 11) is 0. The van der Waals surface area contributed by atoms with Crippen LogP contribution in [0.25, 0.3) is 0 Å². The molecule has 0 bridgehead atoms. The molecule has 1 atom stereocenters. The Morgan fingerprint density at radius 2 is 2.18 bits per heavy atom. The van der Waals surface area contributed by atoms with Gasteiger partial charge in [0.1, 0.15) is 0 Å². The standard InChI is InChI=1S/C8H17NO2/c1-7(10)5-9-6-8(11)3-2-4-8/h7,9-11H,2-6H2,1H3/t7-/m0/s1. The lowest BCUT2D eigenvalue weighted by atomic mass is 9.80. The van der Waals surface area contributed by atoms with E-state index in [4.69, 9.17) is 5.11 Å². The van der Waals surface area contributed by atoms with E-state index in [0.29, 0.717) is 13.1 Å². The number of nitrogens with one attached hydrogen (secondary N) is 1. The molecule has 1 aliphatic rings. The molecule has 11 heavy (non-hydrogen) atoms. The van der Waals surface area contributed by atoms with Crippen LogP contribution in [0.2, 0.25) is 0 Å². The summed E-state index contributed by atoms with van der Waals surface area (Å²) in [5.41, 5.74) is -0.463. The van der Waals surface area contributed by atoms with Gasteiger partial charge in [-0.3, -0.25) is 0 Å². The zero-order chi connectivity index (χ0) is 8.32. The summed E-state index contributed by atoms with van der Waals surface area (Å²) >= 11 is 0. The summed E-state index contributed by atoms with van der Waals surface area (Å²) in [6, 6.07) is 0. The predicted octanol–water partition coefficient (Wildman–Crippen LogP) is -0.128. The Morgan fingerprint density at radius 1 is 1.55 bits per heavy atom. The van der Waals surface area contributed by atoms with E-state index in [0.717, 1.165) is 19.3 Å². The molecule has 1 rings (SSSR count). The average Bonchev–Trinajstić information content (AvgIpc) is 1.83. The van der Waals surface area contributed by atoms with E-state index >= 15 is 0 Å². The van der Waals surface area contributed by atoms with Gasteiger partial charge in [-0.05, 0) is 26.2 Å². The van der Waals surface area contributed by atoms with Crippen molar-refractivity contribution in [3.8, 4) is 0 Å². The fourth-order valence-electron chi connectivity index (χ4n) is 1.28. The van der Waals surface area contributed by atoms with E-state index in [1.165, 1.54) is 0 Å². The topological polar surface area (TPSA) is 52.5 Å². The number of rotatable bonds is 4. The number of aliphatic hydroxyl groups is 2. The van der Waals surface area contributed by atoms with Crippen LogP contribution in [-0.2, 0) is 0 Å². The molecule has 0 spiro atoms. The minimum atomic E-state index is -0.463. The second-order valence-corrected chi connectivity index (χ2v) is 3.56. The number of aliphatic hydroxyl groups excluding tert-OH is 1. The number of hydrogen-bond donors (Lipinski definition) is 3. The Bertz CT molecular complexity index is 121. The maximum absolute atomic E-state index is 9.58. The lowest BCUT2D eigenvalue weighted by molar-refractivity contribution is -0.0325. The third-order valence-electron chi connectivity index (χ3n) is 2.18. The minimum absolute atomic E-state index is 0.321. The monoisotopic (exact) mass is 159 g/mol. The van der Waals surface area contributed by atoms with E-state index in [1.54, 1.807) is 6.92 Å². The second kappa shape index (κ2) is 3.52. The molecule has 1 fully saturated rings. The maximum atomic E-state index is 9.58. The normalized spacial score (nSPS) is 24.3. The van der Waals surface area contributed by atoms with Gasteiger partial charge in [0.05, 0.1) is 11.7 Å². The van der Waals surface area contributed by atoms with Crippen LogP contribution in [0.15, 0.2) is 0 Å². The van der Waals surface area contributed by atoms with Gasteiger partial charge in [-0.15, -0.1) is 0 Å². The molecule has 0 aliphatic heterocycles. The molecule has 0 unspecified atom stereocenters. The van der Waals surface area contributed by atoms with Crippen LogP contribution in [-0.4, -0.2) is 35.0 Å². The van der Waals surface area contributed by atoms with E-state index in [-0.39, 0.29) is 6.10 Å². The van der Waals surface area contributed by atoms with E-state index in [1.807, 2.05) is 0 Å². The van der Waals surface area contributed by atoms with E-state index < -0.39 is 5.60 Å². The Hall–Kier alpha value is -0.120. The largest absolute Gasteiger partial charge is 0.392 e. The fourth-order valence-corrected chi connectivity index (χ4v) is 1.28. The van der Waals surface area contributed by atoms with Crippen molar-refractivity contribution in [2.24, 2.45) is 0 Å². The van der Waals surface area contributed by atoms with Gasteiger partial charge in [0.15, 0.2) is 0 Å². The third-order valence-corrected chi connectivity index (χ3v) is 2.18. The molecule has 0 radical (unpaired) electrons. The second-order valence-electron chi connectivity index (χ2n) is 3.56. The van der Waals surface area contributed by atoms with Crippen molar-refractivity contribution in [1.82, 2.24) is 5.32 Å². The first-order valence-corrected chi connectivity index (χ1v) is 4.24. The molecular formula is C8H17NO2. The van der Waals surface area contributed by atoms with E-state index in [2.05, 4.69) is 5.32 Å². The highest BCUT2D eigenvalue weighted by atomic mass is 16.3. The lowest BCUT2D eigenvalue weighted by Gasteiger charge is -2.36. The quantitative estimate of drug-likeness (QED) is 0.535. The summed E-state index contributed by atoms with van der Waals surface area (Å²) in [4.78, 5) is 0. The van der Waals surface area contributed by atoms with Gasteiger partial charge in [-0.2, -0.15) is 0 Å². The van der Waals surface area contributed by atoms with Crippen LogP contribution in [0.3, 0.4) is 0 Å². The molecule has 0 saturated heterocycles. The summed E-state index contributed by atoms with van der Waals surface area (Å²) in [5, 5.41) is 21.5. The molecule has 3 N–H and O–H groups in total. The lowest BCUT2D eigenvalue weighted by Crippen LogP contribution is -2.47. The molecule has 1 aliphatic carbocycles. The van der Waals surface area contributed by atoms with Crippen molar-refractivity contribution >= 4 is 0 Å². The van der Waals surface area contributed by atoms with Crippen LogP contribution in [0.5, 0.6) is 0 Å². The van der Waals surface area contributed by atoms with E-state index in [9.17, 15) is 5.11 Å². The van der Waals surface area contributed by atoms with Gasteiger partial charge < -0.3 is 15.5 Å². The average molecular weight is 159 g/mol. The van der Waals surface area contributed by atoms with Crippen molar-refractivity contribution in [2.45, 2.75) is 37.9 Å². The highest BCUT2D eigenvalue weighted by Crippen LogP contribution is 2.30. The van der Waals surface area contributed by atoms with Crippen LogP contribution in [0.4, 0.5) is 0 Å². The molecule has 0 aromatic carbocycles. The smallest absolute Gasteiger partial charge is 0.0771 e. The van der Waals surface area contributed by atoms with Gasteiger partial charge in [0.25, 0.3) is 0 Å². The maximum Gasteiger partial charge on any atom is 0.0771 e. The van der Waals surface area contributed by atoms with Gasteiger partial charge in [-0.1, -0.05) is 0 Å². The Kier molecular flexibility index (Phi) is 2.87. The molecule has 0 aromatic heterocycles. The minimum Gasteiger partial charge on any atom is -0.392 e. The Balaban J connectivity index is 2.02. The Morgan fingerprint density at radius 3 is 2.55 bits per heavy atom. The first kappa shape index (κ1) is 8.97. The molecule has 1 saturated carbocycles. The zero-order valence-corrected chi connectivity index (χ0v) is 7.01. The van der Waals surface area contributed by atoms with Gasteiger partial charge in [-0.25, -0.2) is 0 Å². The molecular weight excluding hydrogens is 142 g/mol. The van der Waals surface area contributed by atoms with Crippen LogP contribution >= 0.6 is 0 Å². The third kappa shape index (κ3) is 2.77. The van der Waals surface area contributed by atoms with Gasteiger partial charge in [0, 0.05) is 13.1 Å². The zero-order valence-electron chi connectivity index (χ0n) is 7.01. The van der Waals surface area contributed by atoms with Crippen molar-refractivity contribution in [3.63, 3.8) is 0 Å². The highest BCUT2D eigenvalue weighted by Gasteiger charge is 2.33. The summed E-state index contributed by atoms with van der Waals surface area (Å²) in [6.45, 7) is 2.93. The molecule has 3 heteroatoms. The predicted molar refractivity (Wildman–Crippen MR) is 43.4 cm³/mol. The summed E-state index contributed by atoms with van der Waals surface area (Å²) in [5.74, 6) is 0. The van der Waals surface area contributed by atoms with Gasteiger partial charge in [0.2, 0.25) is 0 Å². The highest BCUT2D eigenvalue weighted by molar-refractivity contribution is 4.89. The molecule has 66 valence electrons. The van der Waals surface area contributed by atoms with Crippen molar-refractivity contribution in [2.75, 3.05) is 13.1 Å². The van der Waals surface area contributed by atoms with Crippen LogP contribution in [0, 0.1) is 0 Å². The van der Waals surface area contributed by atoms with Crippen molar-refractivity contribution < 1.29 is 10.2 Å². The van der Waals surface area contributed by atoms with Crippen molar-refractivity contribution in [1.29, 1.82) is 0 Å². The Labute approximate surface area is 67.4 Å². The summed E-state index contributed by atoms with van der Waals surface area (Å²) in [6.07, 6.45) is 2.62. The van der Waals surface area contributed by atoms with Crippen LogP contribution in [0.1, 0.15) is 26.2 Å². The molecule has 0 aromatic rings. The molecule has 3 nitrogen and oxygen atoms in total. The first-order chi connectivity index (χ1) is 5.12. The molecule has 0 heterocycles. The number of hydrogen-bond acceptors (Lipinski definition) is 3. The first-order valence-electron chi connectivity index (χ1n) is 4.24. The van der Waals surface area contributed by atoms with Crippen LogP contribution < -0.4 is 5.32 Å². The molecule has 0 amide bonds. The SMILES string of the molecule is C[C@H](O)CNCC1(O)CCC1. The fraction of sp³-hybridized carbons (Fsp3) is 1.00.